The van der Waals surface area contributed by atoms with Crippen LogP contribution in [0.1, 0.15) is 17.5 Å². The van der Waals surface area contributed by atoms with Crippen molar-refractivity contribution < 1.29 is 27.8 Å². The zero-order valence-corrected chi connectivity index (χ0v) is 20.5. The molecule has 1 unspecified atom stereocenters. The molecule has 3 N–H and O–H groups in total. The predicted octanol–water partition coefficient (Wildman–Crippen LogP) is 2.35. The van der Waals surface area contributed by atoms with E-state index in [0.717, 1.165) is 10.7 Å². The number of benzene rings is 2. The number of hydrogen-bond acceptors (Lipinski definition) is 7. The van der Waals surface area contributed by atoms with Crippen LogP contribution in [0.15, 0.2) is 47.3 Å². The van der Waals surface area contributed by atoms with Crippen LogP contribution in [0.25, 0.3) is 16.9 Å². The van der Waals surface area contributed by atoms with Gasteiger partial charge in [0, 0.05) is 36.4 Å². The first-order valence-corrected chi connectivity index (χ1v) is 12.1. The lowest BCUT2D eigenvalue weighted by Gasteiger charge is -2.23. The number of ether oxygens (including phenoxy) is 1. The summed E-state index contributed by atoms with van der Waals surface area (Å²) in [6.45, 7) is 0.744. The monoisotopic (exact) mass is 529 g/mol. The third kappa shape index (κ3) is 4.67. The largest absolute Gasteiger partial charge is 0.497 e. The summed E-state index contributed by atoms with van der Waals surface area (Å²) in [6.07, 6.45) is -4.53. The molecule has 200 valence electrons. The van der Waals surface area contributed by atoms with Crippen LogP contribution in [0.2, 0.25) is 0 Å². The van der Waals surface area contributed by atoms with Crippen molar-refractivity contribution in [3.63, 3.8) is 0 Å². The second kappa shape index (κ2) is 9.67. The Morgan fingerprint density at radius 3 is 2.66 bits per heavy atom. The molecule has 5 rings (SSSR count). The van der Waals surface area contributed by atoms with E-state index >= 15 is 0 Å². The van der Waals surface area contributed by atoms with Crippen molar-refractivity contribution in [2.75, 3.05) is 43.1 Å². The van der Waals surface area contributed by atoms with Gasteiger partial charge in [-0.05, 0) is 43.2 Å². The Kier molecular flexibility index (Phi) is 6.51. The molecule has 0 radical (unpaired) electrons. The van der Waals surface area contributed by atoms with E-state index in [9.17, 15) is 27.9 Å². The number of primary amides is 1. The fraction of sp³-hybridized carbons (Fsp3) is 0.346. The van der Waals surface area contributed by atoms with Crippen molar-refractivity contribution in [2.24, 2.45) is 5.73 Å². The van der Waals surface area contributed by atoms with Gasteiger partial charge in [-0.15, -0.1) is 0 Å². The van der Waals surface area contributed by atoms with Crippen molar-refractivity contribution in [1.29, 1.82) is 0 Å². The number of aliphatic hydroxyl groups excluding tert-OH is 1. The summed E-state index contributed by atoms with van der Waals surface area (Å²) in [5.41, 5.74) is 5.03. The van der Waals surface area contributed by atoms with E-state index in [1.807, 2.05) is 0 Å². The van der Waals surface area contributed by atoms with Gasteiger partial charge < -0.3 is 25.4 Å². The molecule has 2 aromatic carbocycles. The van der Waals surface area contributed by atoms with E-state index in [4.69, 9.17) is 10.5 Å². The third-order valence-corrected chi connectivity index (χ3v) is 6.85. The molecule has 2 aliphatic rings. The number of methoxy groups -OCH3 is 1. The van der Waals surface area contributed by atoms with Crippen molar-refractivity contribution in [1.82, 2.24) is 9.78 Å². The number of rotatable bonds is 6. The number of aliphatic hydroxyl groups is 1. The van der Waals surface area contributed by atoms with Gasteiger partial charge in [-0.1, -0.05) is 12.1 Å². The number of amides is 1. The molecule has 1 saturated heterocycles. The van der Waals surface area contributed by atoms with Gasteiger partial charge >= 0.3 is 6.18 Å². The van der Waals surface area contributed by atoms with Gasteiger partial charge in [0.05, 0.1) is 36.7 Å². The number of halogens is 3. The number of hydrogen-bond donors (Lipinski definition) is 2. The molecule has 1 atom stereocenters. The minimum absolute atomic E-state index is 0.0896. The Morgan fingerprint density at radius 2 is 2.00 bits per heavy atom. The molecule has 1 amide bonds. The lowest BCUT2D eigenvalue weighted by molar-refractivity contribution is -0.137. The molecule has 0 aliphatic carbocycles. The molecular formula is C26H26F3N5O4. The van der Waals surface area contributed by atoms with Crippen LogP contribution in [0.4, 0.5) is 24.5 Å². The number of nitrogens with two attached hydrogens (primary N) is 1. The Hall–Kier alpha value is -4.06. The Balaban J connectivity index is 1.78. The first-order chi connectivity index (χ1) is 18.1. The van der Waals surface area contributed by atoms with Crippen LogP contribution >= 0.6 is 0 Å². The van der Waals surface area contributed by atoms with Crippen molar-refractivity contribution in [2.45, 2.75) is 25.1 Å². The van der Waals surface area contributed by atoms with Gasteiger partial charge in [-0.2, -0.15) is 23.0 Å². The SMILES string of the molecule is COc1cccc(-c2nn(-c3cc(N4CCC(O)C4)ccc3C(F)(F)F)c(=O)c3c2CCN3CC(N)=O)c1. The van der Waals surface area contributed by atoms with Gasteiger partial charge in [0.25, 0.3) is 5.56 Å². The molecule has 3 aromatic rings. The zero-order valence-electron chi connectivity index (χ0n) is 20.5. The van der Waals surface area contributed by atoms with E-state index in [1.54, 1.807) is 29.2 Å². The van der Waals surface area contributed by atoms with Crippen LogP contribution in [-0.4, -0.2) is 60.2 Å². The highest BCUT2D eigenvalue weighted by molar-refractivity contribution is 5.82. The van der Waals surface area contributed by atoms with Gasteiger partial charge in [0.15, 0.2) is 0 Å². The molecule has 1 fully saturated rings. The van der Waals surface area contributed by atoms with Gasteiger partial charge in [0.1, 0.15) is 11.4 Å². The molecule has 12 heteroatoms. The van der Waals surface area contributed by atoms with E-state index in [2.05, 4.69) is 5.10 Å². The fourth-order valence-electron chi connectivity index (χ4n) is 5.09. The van der Waals surface area contributed by atoms with E-state index < -0.39 is 35.0 Å². The lowest BCUT2D eigenvalue weighted by atomic mass is 10.0. The highest BCUT2D eigenvalue weighted by atomic mass is 19.4. The Bertz CT molecular complexity index is 1460. The number of carbonyl (C=O) groups excluding carboxylic acids is 1. The highest BCUT2D eigenvalue weighted by Gasteiger charge is 2.37. The maximum Gasteiger partial charge on any atom is 0.418 e. The number of alkyl halides is 3. The summed E-state index contributed by atoms with van der Waals surface area (Å²) >= 11 is 0. The van der Waals surface area contributed by atoms with Crippen LogP contribution in [-0.2, 0) is 17.4 Å². The number of carbonyl (C=O) groups is 1. The minimum Gasteiger partial charge on any atom is -0.497 e. The predicted molar refractivity (Wildman–Crippen MR) is 135 cm³/mol. The summed E-state index contributed by atoms with van der Waals surface area (Å²) in [5.74, 6) is -0.164. The van der Waals surface area contributed by atoms with Crippen LogP contribution in [0, 0.1) is 0 Å². The summed E-state index contributed by atoms with van der Waals surface area (Å²) < 4.78 is 48.7. The molecule has 38 heavy (non-hydrogen) atoms. The maximum atomic E-state index is 14.2. The maximum absolute atomic E-state index is 14.2. The highest BCUT2D eigenvalue weighted by Crippen LogP contribution is 2.38. The standard InChI is InChI=1S/C26H26F3N5O4/c1-38-18-4-2-3-15(11-18)23-19-8-10-33(14-22(30)36)24(19)25(37)34(31-23)21-12-16(32-9-7-17(35)13-32)5-6-20(21)26(27,28)29/h2-6,11-12,17,35H,7-10,13-14H2,1H3,(H2,30,36). The second-order valence-electron chi connectivity index (χ2n) is 9.35. The van der Waals surface area contributed by atoms with Crippen molar-refractivity contribution >= 4 is 17.3 Å². The molecular weight excluding hydrogens is 503 g/mol. The molecule has 0 bridgehead atoms. The zero-order chi connectivity index (χ0) is 27.2. The van der Waals surface area contributed by atoms with Crippen LogP contribution < -0.4 is 25.8 Å². The van der Waals surface area contributed by atoms with E-state index in [0.29, 0.717) is 47.6 Å². The van der Waals surface area contributed by atoms with Crippen molar-refractivity contribution in [3.8, 4) is 22.7 Å². The topological polar surface area (TPSA) is 114 Å². The summed E-state index contributed by atoms with van der Waals surface area (Å²) in [6, 6.07) is 10.4. The summed E-state index contributed by atoms with van der Waals surface area (Å²) in [4.78, 5) is 28.8. The smallest absolute Gasteiger partial charge is 0.418 e. The normalized spacial score (nSPS) is 17.1. The molecule has 9 nitrogen and oxygen atoms in total. The number of anilines is 2. The minimum atomic E-state index is -4.78. The van der Waals surface area contributed by atoms with Crippen molar-refractivity contribution in [3.05, 3.63) is 63.9 Å². The van der Waals surface area contributed by atoms with E-state index in [-0.39, 0.29) is 25.3 Å². The molecule has 3 heterocycles. The second-order valence-corrected chi connectivity index (χ2v) is 9.35. The first kappa shape index (κ1) is 25.6. The molecule has 1 aromatic heterocycles. The van der Waals surface area contributed by atoms with Crippen LogP contribution in [0.3, 0.4) is 0 Å². The lowest BCUT2D eigenvalue weighted by Crippen LogP contribution is -2.37. The molecule has 2 aliphatic heterocycles. The first-order valence-electron chi connectivity index (χ1n) is 12.1. The Labute approximate surface area is 215 Å². The van der Waals surface area contributed by atoms with E-state index in [1.165, 1.54) is 24.1 Å². The number of nitrogens with zero attached hydrogens (tertiary/aromatic N) is 4. The molecule has 0 saturated carbocycles. The van der Waals surface area contributed by atoms with Crippen LogP contribution in [0.5, 0.6) is 5.75 Å². The van der Waals surface area contributed by atoms with Gasteiger partial charge in [-0.25, -0.2) is 0 Å². The number of fused-ring (bicyclic) bond motifs is 1. The average molecular weight is 530 g/mol. The average Bonchev–Trinajstić information content (AvgIpc) is 3.50. The molecule has 0 spiro atoms. The fourth-order valence-corrected chi connectivity index (χ4v) is 5.09. The Morgan fingerprint density at radius 1 is 1.21 bits per heavy atom. The van der Waals surface area contributed by atoms with Gasteiger partial charge in [-0.3, -0.25) is 9.59 Å². The third-order valence-electron chi connectivity index (χ3n) is 6.85. The number of aromatic nitrogens is 2. The summed E-state index contributed by atoms with van der Waals surface area (Å²) in [7, 11) is 1.49. The van der Waals surface area contributed by atoms with Gasteiger partial charge in [0.2, 0.25) is 5.91 Å². The number of β-amino-alcohol motifs (C(OH)–C–C–N with tert-alkyl or cyclic N) is 1. The quantitative estimate of drug-likeness (QED) is 0.504. The summed E-state index contributed by atoms with van der Waals surface area (Å²) in [5, 5.41) is 14.4.